The number of rotatable bonds is 5. The Morgan fingerprint density at radius 1 is 1.47 bits per heavy atom. The molecule has 0 aromatic carbocycles. The summed E-state index contributed by atoms with van der Waals surface area (Å²) in [7, 11) is 1.52. The molecule has 0 bridgehead atoms. The van der Waals surface area contributed by atoms with Gasteiger partial charge in [-0.3, -0.25) is 0 Å². The normalized spacial score (nSPS) is 10.4. The molecular formula is C9H12F2N2OS. The SMILES string of the molecule is CNc1nc(SCCCO)c(F)cc1F. The Kier molecular flexibility index (Phi) is 4.77. The lowest BCUT2D eigenvalue weighted by Crippen LogP contribution is -2.00. The number of hydrogen-bond acceptors (Lipinski definition) is 4. The van der Waals surface area contributed by atoms with E-state index in [1.54, 1.807) is 0 Å². The van der Waals surface area contributed by atoms with Gasteiger partial charge in [-0.2, -0.15) is 0 Å². The summed E-state index contributed by atoms with van der Waals surface area (Å²) in [5, 5.41) is 11.2. The van der Waals surface area contributed by atoms with E-state index in [0.717, 1.165) is 17.8 Å². The Balaban J connectivity index is 2.78. The minimum absolute atomic E-state index is 0.0305. The summed E-state index contributed by atoms with van der Waals surface area (Å²) >= 11 is 1.16. The van der Waals surface area contributed by atoms with E-state index in [0.29, 0.717) is 12.2 Å². The van der Waals surface area contributed by atoms with E-state index >= 15 is 0 Å². The van der Waals surface area contributed by atoms with Gasteiger partial charge in [-0.15, -0.1) is 11.8 Å². The molecule has 84 valence electrons. The van der Waals surface area contributed by atoms with Crippen LogP contribution in [0.15, 0.2) is 11.1 Å². The second kappa shape index (κ2) is 5.87. The largest absolute Gasteiger partial charge is 0.396 e. The number of pyridine rings is 1. The molecule has 6 heteroatoms. The van der Waals surface area contributed by atoms with E-state index in [9.17, 15) is 8.78 Å². The molecule has 0 saturated heterocycles. The van der Waals surface area contributed by atoms with Crippen molar-refractivity contribution in [3.8, 4) is 0 Å². The lowest BCUT2D eigenvalue weighted by atomic mass is 10.4. The molecule has 15 heavy (non-hydrogen) atoms. The van der Waals surface area contributed by atoms with Gasteiger partial charge in [0.2, 0.25) is 0 Å². The van der Waals surface area contributed by atoms with Crippen LogP contribution in [-0.4, -0.2) is 29.5 Å². The van der Waals surface area contributed by atoms with Crippen LogP contribution >= 0.6 is 11.8 Å². The summed E-state index contributed by atoms with van der Waals surface area (Å²) in [4.78, 5) is 3.78. The molecule has 3 nitrogen and oxygen atoms in total. The molecular weight excluding hydrogens is 222 g/mol. The number of nitrogens with one attached hydrogen (secondary N) is 1. The molecule has 1 aromatic rings. The van der Waals surface area contributed by atoms with E-state index in [4.69, 9.17) is 5.11 Å². The first-order valence-corrected chi connectivity index (χ1v) is 5.45. The van der Waals surface area contributed by atoms with E-state index in [2.05, 4.69) is 10.3 Å². The second-order valence-corrected chi connectivity index (χ2v) is 3.87. The molecule has 1 rings (SSSR count). The van der Waals surface area contributed by atoms with Crippen molar-refractivity contribution in [1.29, 1.82) is 0 Å². The minimum Gasteiger partial charge on any atom is -0.396 e. The van der Waals surface area contributed by atoms with Crippen molar-refractivity contribution in [1.82, 2.24) is 4.98 Å². The maximum Gasteiger partial charge on any atom is 0.168 e. The van der Waals surface area contributed by atoms with Crippen LogP contribution < -0.4 is 5.32 Å². The maximum atomic E-state index is 13.2. The number of halogens is 2. The quantitative estimate of drug-likeness (QED) is 0.603. The predicted octanol–water partition coefficient (Wildman–Crippen LogP) is 1.88. The van der Waals surface area contributed by atoms with Crippen LogP contribution in [0.4, 0.5) is 14.6 Å². The van der Waals surface area contributed by atoms with Crippen LogP contribution in [-0.2, 0) is 0 Å². The zero-order valence-corrected chi connectivity index (χ0v) is 9.07. The van der Waals surface area contributed by atoms with Gasteiger partial charge in [-0.25, -0.2) is 13.8 Å². The van der Waals surface area contributed by atoms with Gasteiger partial charge in [-0.1, -0.05) is 0 Å². The Morgan fingerprint density at radius 2 is 2.20 bits per heavy atom. The Labute approximate surface area is 90.9 Å². The van der Waals surface area contributed by atoms with Crippen molar-refractivity contribution >= 4 is 17.6 Å². The highest BCUT2D eigenvalue weighted by Crippen LogP contribution is 2.23. The van der Waals surface area contributed by atoms with Crippen molar-refractivity contribution in [2.45, 2.75) is 11.4 Å². The number of thioether (sulfide) groups is 1. The fraction of sp³-hybridized carbons (Fsp3) is 0.444. The van der Waals surface area contributed by atoms with Gasteiger partial charge < -0.3 is 10.4 Å². The fourth-order valence-electron chi connectivity index (χ4n) is 0.960. The minimum atomic E-state index is -0.707. The highest BCUT2D eigenvalue weighted by molar-refractivity contribution is 7.99. The third kappa shape index (κ3) is 3.32. The summed E-state index contributed by atoms with van der Waals surface area (Å²) < 4.78 is 26.2. The van der Waals surface area contributed by atoms with Crippen LogP contribution in [0.25, 0.3) is 0 Å². The standard InChI is InChI=1S/C9H12F2N2OS/c1-12-8-6(10)5-7(11)9(13-8)15-4-2-3-14/h5,14H,2-4H2,1H3,(H,12,13). The van der Waals surface area contributed by atoms with Gasteiger partial charge >= 0.3 is 0 Å². The molecule has 1 aromatic heterocycles. The topological polar surface area (TPSA) is 45.2 Å². The van der Waals surface area contributed by atoms with Gasteiger partial charge in [-0.05, 0) is 6.42 Å². The average molecular weight is 234 g/mol. The van der Waals surface area contributed by atoms with Crippen LogP contribution in [0.2, 0.25) is 0 Å². The number of hydrogen-bond donors (Lipinski definition) is 2. The highest BCUT2D eigenvalue weighted by atomic mass is 32.2. The van der Waals surface area contributed by atoms with Gasteiger partial charge in [0, 0.05) is 25.5 Å². The zero-order valence-electron chi connectivity index (χ0n) is 8.26. The lowest BCUT2D eigenvalue weighted by Gasteiger charge is -2.05. The molecule has 0 radical (unpaired) electrons. The Morgan fingerprint density at radius 3 is 2.80 bits per heavy atom. The summed E-state index contributed by atoms with van der Waals surface area (Å²) in [6.07, 6.45) is 0.554. The molecule has 0 atom stereocenters. The number of aliphatic hydroxyl groups is 1. The number of aromatic nitrogens is 1. The van der Waals surface area contributed by atoms with Gasteiger partial charge in [0.05, 0.1) is 0 Å². The maximum absolute atomic E-state index is 13.2. The molecule has 0 spiro atoms. The van der Waals surface area contributed by atoms with Crippen LogP contribution in [0.1, 0.15) is 6.42 Å². The average Bonchev–Trinajstić information content (AvgIpc) is 2.21. The second-order valence-electron chi connectivity index (χ2n) is 2.78. The van der Waals surface area contributed by atoms with Crippen molar-refractivity contribution in [2.75, 3.05) is 24.7 Å². The molecule has 2 N–H and O–H groups in total. The molecule has 0 fully saturated rings. The van der Waals surface area contributed by atoms with Crippen molar-refractivity contribution in [3.05, 3.63) is 17.7 Å². The third-order valence-electron chi connectivity index (χ3n) is 1.68. The van der Waals surface area contributed by atoms with Crippen LogP contribution in [0, 0.1) is 11.6 Å². The molecule has 0 aliphatic carbocycles. The molecule has 0 amide bonds. The van der Waals surface area contributed by atoms with Gasteiger partial charge in [0.25, 0.3) is 0 Å². The zero-order chi connectivity index (χ0) is 11.3. The number of nitrogens with zero attached hydrogens (tertiary/aromatic N) is 1. The van der Waals surface area contributed by atoms with E-state index in [1.165, 1.54) is 7.05 Å². The Bertz CT molecular complexity index is 336. The summed E-state index contributed by atoms with van der Waals surface area (Å²) in [6, 6.07) is 0.806. The van der Waals surface area contributed by atoms with Gasteiger partial charge in [0.1, 0.15) is 5.03 Å². The van der Waals surface area contributed by atoms with E-state index < -0.39 is 11.6 Å². The number of aliphatic hydroxyl groups excluding tert-OH is 1. The molecule has 1 heterocycles. The Hall–Kier alpha value is -0.880. The van der Waals surface area contributed by atoms with E-state index in [-0.39, 0.29) is 17.5 Å². The monoisotopic (exact) mass is 234 g/mol. The first-order chi connectivity index (χ1) is 7.19. The first kappa shape index (κ1) is 12.2. The fourth-order valence-corrected chi connectivity index (χ4v) is 1.78. The predicted molar refractivity (Wildman–Crippen MR) is 56.1 cm³/mol. The summed E-state index contributed by atoms with van der Waals surface area (Å²) in [5.41, 5.74) is 0. The number of anilines is 1. The van der Waals surface area contributed by atoms with Crippen molar-refractivity contribution < 1.29 is 13.9 Å². The summed E-state index contributed by atoms with van der Waals surface area (Å²) in [6.45, 7) is 0.0503. The van der Waals surface area contributed by atoms with Crippen molar-refractivity contribution in [2.24, 2.45) is 0 Å². The lowest BCUT2D eigenvalue weighted by molar-refractivity contribution is 0.296. The molecule has 0 saturated carbocycles. The first-order valence-electron chi connectivity index (χ1n) is 4.46. The van der Waals surface area contributed by atoms with Crippen LogP contribution in [0.3, 0.4) is 0 Å². The van der Waals surface area contributed by atoms with Crippen molar-refractivity contribution in [3.63, 3.8) is 0 Å². The molecule has 0 aliphatic heterocycles. The highest BCUT2D eigenvalue weighted by Gasteiger charge is 2.10. The molecule has 0 unspecified atom stereocenters. The summed E-state index contributed by atoms with van der Waals surface area (Å²) in [5.74, 6) is -0.797. The molecule has 0 aliphatic rings. The smallest absolute Gasteiger partial charge is 0.168 e. The van der Waals surface area contributed by atoms with Crippen LogP contribution in [0.5, 0.6) is 0 Å². The third-order valence-corrected chi connectivity index (χ3v) is 2.73. The van der Waals surface area contributed by atoms with Gasteiger partial charge in [0.15, 0.2) is 17.5 Å². The van der Waals surface area contributed by atoms with E-state index in [1.807, 2.05) is 0 Å².